The summed E-state index contributed by atoms with van der Waals surface area (Å²) in [5.41, 5.74) is 1.31. The Hall–Kier alpha value is -2.85. The van der Waals surface area contributed by atoms with Crippen LogP contribution in [0.1, 0.15) is 36.9 Å². The van der Waals surface area contributed by atoms with E-state index in [1.165, 1.54) is 4.57 Å². The van der Waals surface area contributed by atoms with E-state index >= 15 is 0 Å². The first-order chi connectivity index (χ1) is 12.3. The maximum absolute atomic E-state index is 12.6. The fourth-order valence-corrected chi connectivity index (χ4v) is 3.25. The molecule has 2 N–H and O–H groups in total. The Balaban J connectivity index is 1.99. The maximum atomic E-state index is 12.6. The molecule has 0 bridgehead atoms. The first-order valence-electron chi connectivity index (χ1n) is 8.56. The van der Waals surface area contributed by atoms with E-state index in [2.05, 4.69) is 27.0 Å². The molecule has 7 heteroatoms. The van der Waals surface area contributed by atoms with E-state index in [9.17, 15) is 9.90 Å². The average Bonchev–Trinajstić information content (AvgIpc) is 3.28. The lowest BCUT2D eigenvalue weighted by molar-refractivity contribution is 0.0980. The molecular weight excluding hydrogens is 332 g/mol. The van der Waals surface area contributed by atoms with Crippen molar-refractivity contribution in [3.8, 4) is 23.3 Å². The highest BCUT2D eigenvalue weighted by Crippen LogP contribution is 2.39. The highest BCUT2D eigenvalue weighted by Gasteiger charge is 2.38. The van der Waals surface area contributed by atoms with Gasteiger partial charge in [-0.15, -0.1) is 10.2 Å². The normalized spacial score (nSPS) is 16.3. The van der Waals surface area contributed by atoms with Crippen LogP contribution in [0.4, 0.5) is 0 Å². The van der Waals surface area contributed by atoms with E-state index in [4.69, 9.17) is 4.42 Å². The summed E-state index contributed by atoms with van der Waals surface area (Å²) in [7, 11) is 1.68. The molecule has 0 spiro atoms. The highest BCUT2D eigenvalue weighted by molar-refractivity contribution is 5.99. The molecule has 3 aromatic rings. The molecule has 1 saturated carbocycles. The molecule has 0 amide bonds. The van der Waals surface area contributed by atoms with E-state index in [1.54, 1.807) is 27.1 Å². The Morgan fingerprint density at radius 1 is 1.38 bits per heavy atom. The number of aromatic nitrogens is 4. The predicted octanol–water partition coefficient (Wildman–Crippen LogP) is 2.05. The zero-order valence-electron chi connectivity index (χ0n) is 15.2. The topological polar surface area (TPSA) is 96.9 Å². The van der Waals surface area contributed by atoms with Crippen LogP contribution in [-0.4, -0.2) is 30.5 Å². The largest absolute Gasteiger partial charge is 0.421 e. The Morgan fingerprint density at radius 3 is 2.73 bits per heavy atom. The fraction of sp³-hybridized carbons (Fsp3) is 0.421. The standard InChI is InChI=1S/C19H20N4O3/c1-10-14(17-22-21-11(2)26-17)15-12(7-8-19(3,25)13-5-6-13)9-23(4)18(24)16(15)20-10/h9,13,20,25H,5-6H2,1-4H3. The summed E-state index contributed by atoms with van der Waals surface area (Å²) in [6.45, 7) is 5.31. The molecule has 1 fully saturated rings. The van der Waals surface area contributed by atoms with Crippen LogP contribution in [0.2, 0.25) is 0 Å². The number of aliphatic hydroxyl groups is 1. The Labute approximate surface area is 150 Å². The number of rotatable bonds is 2. The Bertz CT molecular complexity index is 1130. The molecule has 1 aliphatic carbocycles. The third-order valence-electron chi connectivity index (χ3n) is 4.88. The van der Waals surface area contributed by atoms with Gasteiger partial charge in [0, 0.05) is 31.2 Å². The molecule has 7 nitrogen and oxygen atoms in total. The van der Waals surface area contributed by atoms with Crippen molar-refractivity contribution >= 4 is 10.9 Å². The molecule has 0 aliphatic heterocycles. The lowest BCUT2D eigenvalue weighted by Gasteiger charge is -2.14. The average molecular weight is 352 g/mol. The number of aromatic amines is 1. The molecule has 4 rings (SSSR count). The summed E-state index contributed by atoms with van der Waals surface area (Å²) < 4.78 is 7.07. The van der Waals surface area contributed by atoms with Crippen LogP contribution in [0.15, 0.2) is 15.4 Å². The van der Waals surface area contributed by atoms with Gasteiger partial charge in [-0.3, -0.25) is 4.79 Å². The van der Waals surface area contributed by atoms with Crippen LogP contribution in [0.5, 0.6) is 0 Å². The number of pyridine rings is 1. The van der Waals surface area contributed by atoms with Crippen LogP contribution >= 0.6 is 0 Å². The van der Waals surface area contributed by atoms with Crippen LogP contribution in [0.25, 0.3) is 22.4 Å². The maximum Gasteiger partial charge on any atom is 0.274 e. The lowest BCUT2D eigenvalue weighted by Crippen LogP contribution is -2.24. The van der Waals surface area contributed by atoms with Crippen molar-refractivity contribution in [1.29, 1.82) is 0 Å². The van der Waals surface area contributed by atoms with E-state index in [0.29, 0.717) is 33.8 Å². The summed E-state index contributed by atoms with van der Waals surface area (Å²) in [5, 5.41) is 19.1. The van der Waals surface area contributed by atoms with E-state index in [-0.39, 0.29) is 11.5 Å². The van der Waals surface area contributed by atoms with Gasteiger partial charge in [0.25, 0.3) is 5.56 Å². The lowest BCUT2D eigenvalue weighted by atomic mass is 10.00. The summed E-state index contributed by atoms with van der Waals surface area (Å²) >= 11 is 0. The third kappa shape index (κ3) is 2.63. The number of H-pyrrole nitrogens is 1. The summed E-state index contributed by atoms with van der Waals surface area (Å²) in [6.07, 6.45) is 3.65. The second-order valence-corrected chi connectivity index (χ2v) is 7.13. The molecule has 1 atom stereocenters. The molecular formula is C19H20N4O3. The second kappa shape index (κ2) is 5.58. The zero-order valence-corrected chi connectivity index (χ0v) is 15.2. The van der Waals surface area contributed by atoms with Gasteiger partial charge in [-0.05, 0) is 32.6 Å². The molecule has 1 unspecified atom stereocenters. The van der Waals surface area contributed by atoms with Crippen LogP contribution < -0.4 is 5.56 Å². The zero-order chi connectivity index (χ0) is 18.6. The summed E-state index contributed by atoms with van der Waals surface area (Å²) in [6, 6.07) is 0. The monoisotopic (exact) mass is 352 g/mol. The predicted molar refractivity (Wildman–Crippen MR) is 96.5 cm³/mol. The minimum absolute atomic E-state index is 0.162. The van der Waals surface area contributed by atoms with Crippen molar-refractivity contribution in [2.75, 3.05) is 0 Å². The van der Waals surface area contributed by atoms with Crippen molar-refractivity contribution in [3.63, 3.8) is 0 Å². The van der Waals surface area contributed by atoms with E-state index in [1.807, 2.05) is 6.92 Å². The molecule has 134 valence electrons. The number of nitrogens with zero attached hydrogens (tertiary/aromatic N) is 3. The SMILES string of the molecule is Cc1nnc(-c2c(C)[nH]c3c(=O)n(C)cc(C#CC(C)(O)C4CC4)c23)o1. The van der Waals surface area contributed by atoms with Gasteiger partial charge in [0.1, 0.15) is 11.1 Å². The summed E-state index contributed by atoms with van der Waals surface area (Å²) in [4.78, 5) is 15.7. The van der Waals surface area contributed by atoms with Crippen molar-refractivity contribution < 1.29 is 9.52 Å². The Morgan fingerprint density at radius 2 is 2.12 bits per heavy atom. The van der Waals surface area contributed by atoms with E-state index in [0.717, 1.165) is 18.5 Å². The van der Waals surface area contributed by atoms with Gasteiger partial charge in [-0.2, -0.15) is 0 Å². The molecule has 3 aromatic heterocycles. The summed E-state index contributed by atoms with van der Waals surface area (Å²) in [5.74, 6) is 7.06. The number of fused-ring (bicyclic) bond motifs is 1. The van der Waals surface area contributed by atoms with Gasteiger partial charge in [-0.1, -0.05) is 11.8 Å². The van der Waals surface area contributed by atoms with Crippen molar-refractivity contribution in [3.05, 3.63) is 33.7 Å². The number of nitrogens with one attached hydrogen (secondary N) is 1. The Kier molecular flexibility index (Phi) is 3.56. The third-order valence-corrected chi connectivity index (χ3v) is 4.88. The van der Waals surface area contributed by atoms with Gasteiger partial charge < -0.3 is 19.1 Å². The fourth-order valence-electron chi connectivity index (χ4n) is 3.25. The van der Waals surface area contributed by atoms with Gasteiger partial charge >= 0.3 is 0 Å². The molecule has 3 heterocycles. The number of hydrogen-bond acceptors (Lipinski definition) is 5. The molecule has 0 radical (unpaired) electrons. The first-order valence-corrected chi connectivity index (χ1v) is 8.56. The second-order valence-electron chi connectivity index (χ2n) is 7.13. The quantitative estimate of drug-likeness (QED) is 0.688. The first kappa shape index (κ1) is 16.6. The highest BCUT2D eigenvalue weighted by atomic mass is 16.4. The van der Waals surface area contributed by atoms with Gasteiger partial charge in [0.15, 0.2) is 0 Å². The minimum atomic E-state index is -1.03. The van der Waals surface area contributed by atoms with Crippen LogP contribution in [0, 0.1) is 31.6 Å². The van der Waals surface area contributed by atoms with Gasteiger partial charge in [0.05, 0.1) is 11.1 Å². The molecule has 26 heavy (non-hydrogen) atoms. The number of aryl methyl sites for hydroxylation is 3. The molecule has 1 aliphatic rings. The van der Waals surface area contributed by atoms with Crippen LogP contribution in [0.3, 0.4) is 0 Å². The molecule has 0 saturated heterocycles. The minimum Gasteiger partial charge on any atom is -0.421 e. The van der Waals surface area contributed by atoms with Crippen LogP contribution in [-0.2, 0) is 7.05 Å². The van der Waals surface area contributed by atoms with Gasteiger partial charge in [0.2, 0.25) is 11.8 Å². The smallest absolute Gasteiger partial charge is 0.274 e. The van der Waals surface area contributed by atoms with Gasteiger partial charge in [-0.25, -0.2) is 0 Å². The van der Waals surface area contributed by atoms with Crippen molar-refractivity contribution in [2.24, 2.45) is 13.0 Å². The van der Waals surface area contributed by atoms with Crippen molar-refractivity contribution in [2.45, 2.75) is 39.2 Å². The van der Waals surface area contributed by atoms with E-state index < -0.39 is 5.60 Å². The molecule has 0 aromatic carbocycles. The van der Waals surface area contributed by atoms with Crippen molar-refractivity contribution in [1.82, 2.24) is 19.7 Å². The number of hydrogen-bond donors (Lipinski definition) is 2.